The van der Waals surface area contributed by atoms with Crippen LogP contribution in [0.15, 0.2) is 78.9 Å². The Hall–Kier alpha value is -4.17. The van der Waals surface area contributed by atoms with E-state index in [0.29, 0.717) is 49.1 Å². The number of nitrogens with one attached hydrogen (secondary N) is 4. The zero-order chi connectivity index (χ0) is 33.8. The number of hydrogen-bond donors (Lipinski definition) is 4. The Labute approximate surface area is 273 Å². The smallest absolute Gasteiger partial charge is 0.353 e. The van der Waals surface area contributed by atoms with Crippen LogP contribution in [0.2, 0.25) is 0 Å². The van der Waals surface area contributed by atoms with Crippen molar-refractivity contribution in [3.63, 3.8) is 0 Å². The highest BCUT2D eigenvalue weighted by atomic mass is 32.1. The summed E-state index contributed by atoms with van der Waals surface area (Å²) in [7, 11) is 0. The van der Waals surface area contributed by atoms with E-state index in [1.165, 1.54) is 0 Å². The van der Waals surface area contributed by atoms with Gasteiger partial charge in [-0.3, -0.25) is 9.59 Å². The van der Waals surface area contributed by atoms with Crippen LogP contribution in [0.5, 0.6) is 0 Å². The van der Waals surface area contributed by atoms with Crippen molar-refractivity contribution in [1.29, 1.82) is 0 Å². The summed E-state index contributed by atoms with van der Waals surface area (Å²) in [5, 5.41) is 11.5. The number of alkyl halides is 6. The topological polar surface area (TPSA) is 85.5 Å². The molecule has 2 aliphatic heterocycles. The second-order valence-electron chi connectivity index (χ2n) is 11.5. The lowest BCUT2D eigenvalue weighted by Gasteiger charge is -2.33. The number of thiocarbonyl (C=S) groups is 1. The number of anilines is 1. The molecule has 7 nitrogen and oxygen atoms in total. The summed E-state index contributed by atoms with van der Waals surface area (Å²) >= 11 is 5.43. The van der Waals surface area contributed by atoms with Crippen molar-refractivity contribution >= 4 is 34.8 Å². The van der Waals surface area contributed by atoms with E-state index in [4.69, 9.17) is 12.2 Å². The average molecular weight is 678 g/mol. The molecular formula is C33H33F6N5O2S. The maximum Gasteiger partial charge on any atom is 0.416 e. The largest absolute Gasteiger partial charge is 0.416 e. The Kier molecular flexibility index (Phi) is 10.4. The minimum Gasteiger partial charge on any atom is -0.353 e. The monoisotopic (exact) mass is 677 g/mol. The number of amides is 2. The lowest BCUT2D eigenvalue weighted by molar-refractivity contribution is -0.143. The molecule has 3 aromatic rings. The van der Waals surface area contributed by atoms with Crippen molar-refractivity contribution in [3.8, 4) is 0 Å². The fraction of sp³-hybridized carbons (Fsp3) is 0.364. The van der Waals surface area contributed by atoms with E-state index in [9.17, 15) is 35.9 Å². The van der Waals surface area contributed by atoms with Crippen LogP contribution in [-0.4, -0.2) is 47.0 Å². The van der Waals surface area contributed by atoms with E-state index in [0.717, 1.165) is 13.0 Å². The van der Waals surface area contributed by atoms with E-state index in [2.05, 4.69) is 21.3 Å². The normalized spacial score (nSPS) is 19.6. The number of nitrogens with zero attached hydrogens (tertiary/aromatic N) is 1. The summed E-state index contributed by atoms with van der Waals surface area (Å²) in [6, 6.07) is 16.1. The highest BCUT2D eigenvalue weighted by molar-refractivity contribution is 7.80. The van der Waals surface area contributed by atoms with E-state index >= 15 is 0 Å². The van der Waals surface area contributed by atoms with Gasteiger partial charge in [-0.15, -0.1) is 0 Å². The molecular weight excluding hydrogens is 644 g/mol. The fourth-order valence-corrected chi connectivity index (χ4v) is 6.27. The van der Waals surface area contributed by atoms with Gasteiger partial charge in [-0.2, -0.15) is 26.3 Å². The third kappa shape index (κ3) is 8.41. The van der Waals surface area contributed by atoms with E-state index in [1.54, 1.807) is 65.6 Å². The van der Waals surface area contributed by atoms with Gasteiger partial charge in [-0.1, -0.05) is 60.7 Å². The second-order valence-corrected chi connectivity index (χ2v) is 11.9. The summed E-state index contributed by atoms with van der Waals surface area (Å²) in [5.74, 6) is -0.518. The number of carbonyl (C=O) groups is 2. The van der Waals surface area contributed by atoms with Crippen LogP contribution in [-0.2, 0) is 21.9 Å². The maximum absolute atomic E-state index is 13.9. The molecule has 0 unspecified atom stereocenters. The molecule has 0 bridgehead atoms. The van der Waals surface area contributed by atoms with Gasteiger partial charge in [-0.25, -0.2) is 0 Å². The first-order valence-corrected chi connectivity index (χ1v) is 15.5. The van der Waals surface area contributed by atoms with Crippen LogP contribution in [0.4, 0.5) is 32.0 Å². The molecule has 3 aromatic carbocycles. The zero-order valence-corrected chi connectivity index (χ0v) is 25.8. The standard InChI is InChI=1S/C33H33F6N5O2S/c34-32(35,36)22-17-23(33(37,38)39)19-24(18-22)41-31(47)43-28(21-11-5-2-6-12-21)27(20-9-3-1-4-10-20)42-29(45)26-14-8-16-44(26)30(46)25-13-7-15-40-25/h1-6,9-12,17-19,25-28,40H,7-8,13-16H2,(H,42,45)(H2,41,43,47)/t25-,26-,27-,28-/m0/s1. The van der Waals surface area contributed by atoms with Crippen LogP contribution in [0, 0.1) is 0 Å². The van der Waals surface area contributed by atoms with E-state index < -0.39 is 53.2 Å². The van der Waals surface area contributed by atoms with Crippen molar-refractivity contribution in [2.45, 2.75) is 62.2 Å². The molecule has 5 rings (SSSR count). The molecule has 0 saturated carbocycles. The Morgan fingerprint density at radius 3 is 1.85 bits per heavy atom. The second kappa shape index (κ2) is 14.3. The van der Waals surface area contributed by atoms with Gasteiger partial charge in [0.1, 0.15) is 6.04 Å². The van der Waals surface area contributed by atoms with Crippen LogP contribution >= 0.6 is 12.2 Å². The van der Waals surface area contributed by atoms with Crippen molar-refractivity contribution < 1.29 is 35.9 Å². The molecule has 2 fully saturated rings. The molecule has 14 heteroatoms. The molecule has 47 heavy (non-hydrogen) atoms. The van der Waals surface area contributed by atoms with Gasteiger partial charge < -0.3 is 26.2 Å². The molecule has 0 aromatic heterocycles. The zero-order valence-electron chi connectivity index (χ0n) is 25.0. The van der Waals surface area contributed by atoms with Crippen molar-refractivity contribution in [3.05, 3.63) is 101 Å². The predicted octanol–water partition coefficient (Wildman–Crippen LogP) is 6.35. The van der Waals surface area contributed by atoms with E-state index in [-0.39, 0.29) is 23.1 Å². The average Bonchev–Trinajstić information content (AvgIpc) is 3.76. The minimum absolute atomic E-state index is 0.0369. The molecule has 2 aliphatic rings. The van der Waals surface area contributed by atoms with Crippen LogP contribution < -0.4 is 21.3 Å². The number of likely N-dealkylation sites (tertiary alicyclic amines) is 1. The fourth-order valence-electron chi connectivity index (χ4n) is 6.02. The molecule has 2 saturated heterocycles. The number of hydrogen-bond acceptors (Lipinski definition) is 4. The number of rotatable bonds is 8. The molecule has 4 N–H and O–H groups in total. The van der Waals surface area contributed by atoms with Gasteiger partial charge in [-0.05, 0) is 73.8 Å². The Bertz CT molecular complexity index is 1530. The third-order valence-electron chi connectivity index (χ3n) is 8.28. The van der Waals surface area contributed by atoms with Gasteiger partial charge in [0.25, 0.3) is 0 Å². The molecule has 0 aliphatic carbocycles. The molecule has 0 radical (unpaired) electrons. The lowest BCUT2D eigenvalue weighted by Crippen LogP contribution is -2.52. The minimum atomic E-state index is -5.04. The SMILES string of the molecule is O=C(N[C@@H](c1ccccc1)[C@@H](NC(=S)Nc1cc(C(F)(F)F)cc(C(F)(F)F)c1)c1ccccc1)[C@@H]1CCCN1C(=O)[C@@H]1CCCN1. The van der Waals surface area contributed by atoms with E-state index in [1.807, 2.05) is 0 Å². The van der Waals surface area contributed by atoms with Crippen LogP contribution in [0.1, 0.15) is 60.0 Å². The van der Waals surface area contributed by atoms with Crippen molar-refractivity contribution in [1.82, 2.24) is 20.9 Å². The number of halogens is 6. The summed E-state index contributed by atoms with van der Waals surface area (Å²) in [6.07, 6.45) is -7.40. The molecule has 0 spiro atoms. The first-order chi connectivity index (χ1) is 22.3. The Morgan fingerprint density at radius 1 is 0.787 bits per heavy atom. The Balaban J connectivity index is 1.44. The van der Waals surface area contributed by atoms with Gasteiger partial charge >= 0.3 is 12.4 Å². The summed E-state index contributed by atoms with van der Waals surface area (Å²) < 4.78 is 81.0. The third-order valence-corrected chi connectivity index (χ3v) is 8.50. The van der Waals surface area contributed by atoms with Crippen molar-refractivity contribution in [2.24, 2.45) is 0 Å². The van der Waals surface area contributed by atoms with Gasteiger partial charge in [0.05, 0.1) is 29.3 Å². The summed E-state index contributed by atoms with van der Waals surface area (Å²) in [5.41, 5.74) is -2.22. The molecule has 4 atom stereocenters. The number of carbonyl (C=O) groups excluding carboxylic acids is 2. The summed E-state index contributed by atoms with van der Waals surface area (Å²) in [6.45, 7) is 1.17. The quantitative estimate of drug-likeness (QED) is 0.164. The highest BCUT2D eigenvalue weighted by Gasteiger charge is 2.40. The maximum atomic E-state index is 13.9. The molecule has 2 heterocycles. The molecule has 2 amide bonds. The lowest BCUT2D eigenvalue weighted by atomic mass is 9.93. The first-order valence-electron chi connectivity index (χ1n) is 15.1. The molecule has 250 valence electrons. The van der Waals surface area contributed by atoms with Gasteiger partial charge in [0, 0.05) is 12.2 Å². The van der Waals surface area contributed by atoms with Crippen LogP contribution in [0.25, 0.3) is 0 Å². The predicted molar refractivity (Wildman–Crippen MR) is 168 cm³/mol. The summed E-state index contributed by atoms with van der Waals surface area (Å²) in [4.78, 5) is 28.8. The van der Waals surface area contributed by atoms with Gasteiger partial charge in [0.15, 0.2) is 5.11 Å². The Morgan fingerprint density at radius 2 is 1.34 bits per heavy atom. The first kappa shape index (κ1) is 34.2. The van der Waals surface area contributed by atoms with Gasteiger partial charge in [0.2, 0.25) is 11.8 Å². The van der Waals surface area contributed by atoms with Crippen LogP contribution in [0.3, 0.4) is 0 Å². The highest BCUT2D eigenvalue weighted by Crippen LogP contribution is 2.38. The van der Waals surface area contributed by atoms with Crippen molar-refractivity contribution in [2.75, 3.05) is 18.4 Å². The number of benzene rings is 3.